The lowest BCUT2D eigenvalue weighted by Crippen LogP contribution is -2.64. The van der Waals surface area contributed by atoms with E-state index >= 15 is 0 Å². The molecule has 3 heterocycles. The Hall–Kier alpha value is -1.90. The van der Waals surface area contributed by atoms with E-state index in [1.807, 2.05) is 30.3 Å². The first-order chi connectivity index (χ1) is 12.4. The van der Waals surface area contributed by atoms with Gasteiger partial charge in [0.2, 0.25) is 10.0 Å². The van der Waals surface area contributed by atoms with Crippen molar-refractivity contribution in [2.45, 2.75) is 24.9 Å². The third-order valence-electron chi connectivity index (χ3n) is 5.20. The van der Waals surface area contributed by atoms with Gasteiger partial charge < -0.3 is 14.6 Å². The topological polar surface area (TPSA) is 82.7 Å². The van der Waals surface area contributed by atoms with Crippen LogP contribution in [0.5, 0.6) is 0 Å². The van der Waals surface area contributed by atoms with Crippen molar-refractivity contribution in [1.29, 1.82) is 0 Å². The summed E-state index contributed by atoms with van der Waals surface area (Å²) in [7, 11) is -3.33. The van der Waals surface area contributed by atoms with Gasteiger partial charge >= 0.3 is 0 Å². The van der Waals surface area contributed by atoms with Gasteiger partial charge in [-0.05, 0) is 25.0 Å². The molecule has 0 bridgehead atoms. The van der Waals surface area contributed by atoms with E-state index in [0.717, 1.165) is 10.9 Å². The van der Waals surface area contributed by atoms with Crippen molar-refractivity contribution in [3.05, 3.63) is 36.0 Å². The molecule has 0 saturated carbocycles. The number of H-pyrrole nitrogens is 1. The second kappa shape index (κ2) is 6.68. The number of carbonyl (C=O) groups is 1. The molecule has 0 atom stereocenters. The molecule has 7 nitrogen and oxygen atoms in total. The van der Waals surface area contributed by atoms with Crippen LogP contribution in [0.4, 0.5) is 0 Å². The van der Waals surface area contributed by atoms with E-state index < -0.39 is 10.0 Å². The Balaban J connectivity index is 1.46. The first-order valence-electron chi connectivity index (χ1n) is 8.87. The molecule has 1 aromatic carbocycles. The highest BCUT2D eigenvalue weighted by molar-refractivity contribution is 7.88. The fourth-order valence-corrected chi connectivity index (χ4v) is 5.35. The lowest BCUT2D eigenvalue weighted by molar-refractivity contribution is 0.0123. The maximum atomic E-state index is 12.7. The fraction of sp³-hybridized carbons (Fsp3) is 0.500. The summed E-state index contributed by atoms with van der Waals surface area (Å²) < 4.78 is 31.6. The zero-order chi connectivity index (χ0) is 18.3. The number of carbonyl (C=O) groups excluding carboxylic acids is 1. The molecular formula is C18H23N3O4S. The van der Waals surface area contributed by atoms with Gasteiger partial charge in [-0.15, -0.1) is 0 Å². The molecule has 2 aliphatic heterocycles. The van der Waals surface area contributed by atoms with Crippen LogP contribution < -0.4 is 0 Å². The van der Waals surface area contributed by atoms with E-state index in [-0.39, 0.29) is 18.0 Å². The van der Waals surface area contributed by atoms with E-state index in [1.165, 1.54) is 6.26 Å². The molecule has 1 N–H and O–H groups in total. The van der Waals surface area contributed by atoms with Crippen molar-refractivity contribution in [3.63, 3.8) is 0 Å². The number of hydrogen-bond donors (Lipinski definition) is 1. The zero-order valence-electron chi connectivity index (χ0n) is 14.7. The van der Waals surface area contributed by atoms with Crippen LogP contribution in [-0.4, -0.2) is 73.2 Å². The summed E-state index contributed by atoms with van der Waals surface area (Å²) in [6.45, 7) is 2.03. The smallest absolute Gasteiger partial charge is 0.270 e. The number of rotatable bonds is 4. The molecule has 2 fully saturated rings. The summed E-state index contributed by atoms with van der Waals surface area (Å²) in [4.78, 5) is 17.5. The highest BCUT2D eigenvalue weighted by atomic mass is 32.2. The summed E-state index contributed by atoms with van der Waals surface area (Å²) in [5, 5.41) is 0.993. The van der Waals surface area contributed by atoms with Gasteiger partial charge in [-0.25, -0.2) is 8.42 Å². The standard InChI is InChI=1S/C18H23N3O4S/c1-26(23,24)21(14-6-8-25-9-7-14)15-11-20(12-15)18(22)17-10-13-4-2-3-5-16(13)19-17/h2-5,10,14-15,19H,6-9,11-12H2,1H3. The number of sulfonamides is 1. The maximum absolute atomic E-state index is 12.7. The van der Waals surface area contributed by atoms with Crippen molar-refractivity contribution in [1.82, 2.24) is 14.2 Å². The SMILES string of the molecule is CS(=O)(=O)N(C1CCOCC1)C1CN(C(=O)c2cc3ccccc3[nH]2)C1. The molecule has 0 aliphatic carbocycles. The van der Waals surface area contributed by atoms with Crippen LogP contribution in [0.2, 0.25) is 0 Å². The number of nitrogens with zero attached hydrogens (tertiary/aromatic N) is 2. The third kappa shape index (κ3) is 3.24. The largest absolute Gasteiger partial charge is 0.381 e. The van der Waals surface area contributed by atoms with Crippen molar-refractivity contribution in [3.8, 4) is 0 Å². The third-order valence-corrected chi connectivity index (χ3v) is 6.57. The minimum atomic E-state index is -3.33. The number of hydrogen-bond acceptors (Lipinski definition) is 4. The summed E-state index contributed by atoms with van der Waals surface area (Å²) in [6.07, 6.45) is 2.67. The van der Waals surface area contributed by atoms with Crippen molar-refractivity contribution < 1.29 is 17.9 Å². The van der Waals surface area contributed by atoms with Gasteiger partial charge in [-0.3, -0.25) is 4.79 Å². The Morgan fingerprint density at radius 1 is 1.19 bits per heavy atom. The first kappa shape index (κ1) is 17.5. The molecule has 1 aromatic heterocycles. The summed E-state index contributed by atoms with van der Waals surface area (Å²) in [5.74, 6) is -0.0853. The minimum absolute atomic E-state index is 0.0333. The number of para-hydroxylation sites is 1. The molecule has 2 aliphatic rings. The highest BCUT2D eigenvalue weighted by Crippen LogP contribution is 2.27. The lowest BCUT2D eigenvalue weighted by atomic mass is 10.0. The Morgan fingerprint density at radius 2 is 1.88 bits per heavy atom. The maximum Gasteiger partial charge on any atom is 0.270 e. The first-order valence-corrected chi connectivity index (χ1v) is 10.7. The number of likely N-dealkylation sites (tertiary alicyclic amines) is 1. The number of aromatic amines is 1. The molecule has 1 amide bonds. The van der Waals surface area contributed by atoms with Gasteiger partial charge in [-0.1, -0.05) is 18.2 Å². The highest BCUT2D eigenvalue weighted by Gasteiger charge is 2.42. The molecule has 26 heavy (non-hydrogen) atoms. The Bertz CT molecular complexity index is 878. The predicted molar refractivity (Wildman–Crippen MR) is 98.5 cm³/mol. The van der Waals surface area contributed by atoms with Crippen LogP contribution in [0.25, 0.3) is 10.9 Å². The van der Waals surface area contributed by atoms with E-state index in [0.29, 0.717) is 44.8 Å². The average Bonchev–Trinajstić information content (AvgIpc) is 3.01. The fourth-order valence-electron chi connectivity index (χ4n) is 3.92. The summed E-state index contributed by atoms with van der Waals surface area (Å²) >= 11 is 0. The van der Waals surface area contributed by atoms with Crippen molar-refractivity contribution in [2.24, 2.45) is 0 Å². The molecule has 0 spiro atoms. The van der Waals surface area contributed by atoms with Crippen molar-refractivity contribution >= 4 is 26.8 Å². The average molecular weight is 377 g/mol. The Kier molecular flexibility index (Phi) is 4.50. The van der Waals surface area contributed by atoms with E-state index in [1.54, 1.807) is 9.21 Å². The molecule has 2 saturated heterocycles. The van der Waals surface area contributed by atoms with Crippen LogP contribution in [0, 0.1) is 0 Å². The van der Waals surface area contributed by atoms with Crippen LogP contribution in [-0.2, 0) is 14.8 Å². The normalized spacial score (nSPS) is 19.8. The molecule has 0 radical (unpaired) electrons. The number of aromatic nitrogens is 1. The monoisotopic (exact) mass is 377 g/mol. The van der Waals surface area contributed by atoms with Gasteiger partial charge in [0.1, 0.15) is 5.69 Å². The molecular weight excluding hydrogens is 354 g/mol. The Labute approximate surface area is 153 Å². The van der Waals surface area contributed by atoms with E-state index in [2.05, 4.69) is 4.98 Å². The van der Waals surface area contributed by atoms with Gasteiger partial charge in [0.25, 0.3) is 5.91 Å². The second-order valence-corrected chi connectivity index (χ2v) is 8.96. The number of amides is 1. The van der Waals surface area contributed by atoms with Gasteiger partial charge in [0.15, 0.2) is 0 Å². The quantitative estimate of drug-likeness (QED) is 0.874. The number of benzene rings is 1. The summed E-state index contributed by atoms with van der Waals surface area (Å²) in [5.41, 5.74) is 1.47. The van der Waals surface area contributed by atoms with Gasteiger partial charge in [0.05, 0.1) is 12.3 Å². The lowest BCUT2D eigenvalue weighted by Gasteiger charge is -2.47. The summed E-state index contributed by atoms with van der Waals surface area (Å²) in [6, 6.07) is 9.40. The predicted octanol–water partition coefficient (Wildman–Crippen LogP) is 1.43. The van der Waals surface area contributed by atoms with E-state index in [9.17, 15) is 13.2 Å². The van der Waals surface area contributed by atoms with E-state index in [4.69, 9.17) is 4.74 Å². The molecule has 0 unspecified atom stereocenters. The molecule has 4 rings (SSSR count). The molecule has 2 aromatic rings. The molecule has 140 valence electrons. The van der Waals surface area contributed by atoms with Gasteiger partial charge in [-0.2, -0.15) is 4.31 Å². The minimum Gasteiger partial charge on any atom is -0.381 e. The molecule has 8 heteroatoms. The van der Waals surface area contributed by atoms with Crippen LogP contribution in [0.1, 0.15) is 23.3 Å². The van der Waals surface area contributed by atoms with Crippen molar-refractivity contribution in [2.75, 3.05) is 32.6 Å². The number of fused-ring (bicyclic) bond motifs is 1. The van der Waals surface area contributed by atoms with Crippen LogP contribution in [0.15, 0.2) is 30.3 Å². The van der Waals surface area contributed by atoms with Crippen LogP contribution >= 0.6 is 0 Å². The Morgan fingerprint density at radius 3 is 2.54 bits per heavy atom. The number of ether oxygens (including phenoxy) is 1. The van der Waals surface area contributed by atoms with Crippen LogP contribution in [0.3, 0.4) is 0 Å². The number of nitrogens with one attached hydrogen (secondary N) is 1. The zero-order valence-corrected chi connectivity index (χ0v) is 15.5. The van der Waals surface area contributed by atoms with Gasteiger partial charge in [0, 0.05) is 43.2 Å². The second-order valence-electron chi connectivity index (χ2n) is 7.07.